The van der Waals surface area contributed by atoms with Crippen LogP contribution in [0.4, 0.5) is 13.2 Å². The highest BCUT2D eigenvalue weighted by Gasteiger charge is 2.35. The second kappa shape index (κ2) is 9.41. The van der Waals surface area contributed by atoms with Gasteiger partial charge >= 0.3 is 6.18 Å². The predicted octanol–water partition coefficient (Wildman–Crippen LogP) is 3.25. The fraction of sp³-hybridized carbons (Fsp3) is 0.429. The van der Waals surface area contributed by atoms with Crippen molar-refractivity contribution in [2.75, 3.05) is 19.8 Å². The van der Waals surface area contributed by atoms with Crippen molar-refractivity contribution in [3.8, 4) is 5.75 Å². The van der Waals surface area contributed by atoms with Crippen molar-refractivity contribution in [2.24, 2.45) is 5.73 Å². The summed E-state index contributed by atoms with van der Waals surface area (Å²) in [6.07, 6.45) is -3.69. The van der Waals surface area contributed by atoms with Crippen LogP contribution in [0.5, 0.6) is 5.75 Å². The molecule has 154 valence electrons. The second-order valence-corrected chi connectivity index (χ2v) is 7.09. The minimum atomic E-state index is -4.55. The summed E-state index contributed by atoms with van der Waals surface area (Å²) in [6.45, 7) is 1.20. The molecule has 4 nitrogen and oxygen atoms in total. The normalized spacial score (nSPS) is 12.2. The number of benzene rings is 2. The zero-order chi connectivity index (χ0) is 20.8. The Kier molecular flexibility index (Phi) is 7.46. The molecule has 0 radical (unpaired) electrons. The molecular formula is C21H26F3NO3. The Labute approximate surface area is 162 Å². The lowest BCUT2D eigenvalue weighted by atomic mass is 9.93. The van der Waals surface area contributed by atoms with Crippen LogP contribution in [-0.4, -0.2) is 35.6 Å². The summed E-state index contributed by atoms with van der Waals surface area (Å²) in [5, 5.41) is 18.4. The fourth-order valence-corrected chi connectivity index (χ4v) is 2.72. The van der Waals surface area contributed by atoms with E-state index in [0.29, 0.717) is 12.0 Å². The van der Waals surface area contributed by atoms with E-state index < -0.39 is 30.5 Å². The zero-order valence-electron chi connectivity index (χ0n) is 15.8. The lowest BCUT2D eigenvalue weighted by Gasteiger charge is -2.24. The van der Waals surface area contributed by atoms with Crippen LogP contribution in [-0.2, 0) is 19.0 Å². The largest absolute Gasteiger partial charge is 0.493 e. The van der Waals surface area contributed by atoms with E-state index in [9.17, 15) is 23.4 Å². The van der Waals surface area contributed by atoms with Gasteiger partial charge in [0.25, 0.3) is 0 Å². The van der Waals surface area contributed by atoms with E-state index in [-0.39, 0.29) is 25.2 Å². The highest BCUT2D eigenvalue weighted by atomic mass is 19.4. The quantitative estimate of drug-likeness (QED) is 0.607. The smallest absolute Gasteiger partial charge is 0.419 e. The summed E-state index contributed by atoms with van der Waals surface area (Å²) in [5.41, 5.74) is 6.23. The average molecular weight is 397 g/mol. The van der Waals surface area contributed by atoms with Crippen molar-refractivity contribution < 1.29 is 28.1 Å². The van der Waals surface area contributed by atoms with E-state index >= 15 is 0 Å². The van der Waals surface area contributed by atoms with Crippen LogP contribution in [0.2, 0.25) is 0 Å². The van der Waals surface area contributed by atoms with Crippen molar-refractivity contribution in [1.82, 2.24) is 0 Å². The molecule has 2 aromatic rings. The van der Waals surface area contributed by atoms with Gasteiger partial charge in [-0.2, -0.15) is 13.2 Å². The molecule has 0 aliphatic rings. The van der Waals surface area contributed by atoms with E-state index in [1.807, 2.05) is 31.2 Å². The number of rotatable bonds is 9. The first-order valence-corrected chi connectivity index (χ1v) is 9.06. The summed E-state index contributed by atoms with van der Waals surface area (Å²) in [4.78, 5) is 0. The van der Waals surface area contributed by atoms with Crippen molar-refractivity contribution in [3.05, 3.63) is 64.7 Å². The van der Waals surface area contributed by atoms with Gasteiger partial charge in [0.15, 0.2) is 0 Å². The zero-order valence-corrected chi connectivity index (χ0v) is 15.8. The number of aryl methyl sites for hydroxylation is 2. The Bertz CT molecular complexity index is 756. The maximum Gasteiger partial charge on any atom is 0.419 e. The van der Waals surface area contributed by atoms with Crippen LogP contribution in [0.25, 0.3) is 0 Å². The molecule has 0 amide bonds. The topological polar surface area (TPSA) is 75.7 Å². The Morgan fingerprint density at radius 1 is 0.929 bits per heavy atom. The van der Waals surface area contributed by atoms with Gasteiger partial charge in [-0.3, -0.25) is 0 Å². The molecule has 7 heteroatoms. The average Bonchev–Trinajstić information content (AvgIpc) is 2.67. The fourth-order valence-electron chi connectivity index (χ4n) is 2.72. The molecule has 0 fully saturated rings. The van der Waals surface area contributed by atoms with Crippen molar-refractivity contribution in [2.45, 2.75) is 37.9 Å². The number of hydrogen-bond acceptors (Lipinski definition) is 4. The molecule has 2 rings (SSSR count). The van der Waals surface area contributed by atoms with Crippen molar-refractivity contribution in [1.29, 1.82) is 0 Å². The Morgan fingerprint density at radius 3 is 2.11 bits per heavy atom. The summed E-state index contributed by atoms with van der Waals surface area (Å²) in [6, 6.07) is 11.6. The van der Waals surface area contributed by atoms with Crippen molar-refractivity contribution in [3.63, 3.8) is 0 Å². The molecule has 0 bridgehead atoms. The molecule has 0 aliphatic heterocycles. The number of halogens is 3. The maximum absolute atomic E-state index is 13.4. The van der Waals surface area contributed by atoms with Crippen LogP contribution in [0.3, 0.4) is 0 Å². The van der Waals surface area contributed by atoms with Gasteiger partial charge in [0.2, 0.25) is 0 Å². The van der Waals surface area contributed by atoms with Gasteiger partial charge in [0.05, 0.1) is 30.9 Å². The molecule has 0 spiro atoms. The van der Waals surface area contributed by atoms with Gasteiger partial charge in [-0.25, -0.2) is 0 Å². The van der Waals surface area contributed by atoms with Crippen LogP contribution < -0.4 is 10.5 Å². The minimum absolute atomic E-state index is 0.131. The van der Waals surface area contributed by atoms with Crippen LogP contribution in [0, 0.1) is 6.92 Å². The first-order chi connectivity index (χ1) is 13.2. The number of hydrogen-bond donors (Lipinski definition) is 3. The van der Waals surface area contributed by atoms with E-state index in [1.165, 1.54) is 6.07 Å². The molecule has 0 aromatic heterocycles. The van der Waals surface area contributed by atoms with Gasteiger partial charge < -0.3 is 20.7 Å². The van der Waals surface area contributed by atoms with E-state index in [2.05, 4.69) is 0 Å². The minimum Gasteiger partial charge on any atom is -0.493 e. The molecule has 2 aromatic carbocycles. The number of nitrogens with two attached hydrogens (primary N) is 1. The number of alkyl halides is 3. The van der Waals surface area contributed by atoms with Gasteiger partial charge in [0.1, 0.15) is 5.75 Å². The van der Waals surface area contributed by atoms with Crippen LogP contribution >= 0.6 is 0 Å². The SMILES string of the molecule is Cc1ccc(CCOc2ccc(CCC(N)(CO)CO)cc2C(F)(F)F)cc1. The number of aliphatic hydroxyl groups is 2. The maximum atomic E-state index is 13.4. The molecule has 0 heterocycles. The molecule has 0 saturated heterocycles. The number of ether oxygens (including phenoxy) is 1. The van der Waals surface area contributed by atoms with Gasteiger partial charge in [-0.1, -0.05) is 35.9 Å². The summed E-state index contributed by atoms with van der Waals surface area (Å²) < 4.78 is 45.8. The molecule has 0 atom stereocenters. The Balaban J connectivity index is 2.08. The summed E-state index contributed by atoms with van der Waals surface area (Å²) >= 11 is 0. The van der Waals surface area contributed by atoms with E-state index in [4.69, 9.17) is 10.5 Å². The van der Waals surface area contributed by atoms with Crippen LogP contribution in [0.15, 0.2) is 42.5 Å². The van der Waals surface area contributed by atoms with Gasteiger partial charge in [-0.05, 0) is 43.0 Å². The molecular weight excluding hydrogens is 371 g/mol. The van der Waals surface area contributed by atoms with Crippen LogP contribution in [0.1, 0.15) is 28.7 Å². The monoisotopic (exact) mass is 397 g/mol. The summed E-state index contributed by atoms with van der Waals surface area (Å²) in [7, 11) is 0. The molecule has 28 heavy (non-hydrogen) atoms. The first-order valence-electron chi connectivity index (χ1n) is 9.06. The third-order valence-electron chi connectivity index (χ3n) is 4.66. The van der Waals surface area contributed by atoms with Gasteiger partial charge in [0, 0.05) is 6.42 Å². The van der Waals surface area contributed by atoms with E-state index in [1.54, 1.807) is 6.07 Å². The molecule has 0 unspecified atom stereocenters. The third kappa shape index (κ3) is 6.22. The number of aliphatic hydroxyl groups excluding tert-OH is 2. The lowest BCUT2D eigenvalue weighted by Crippen LogP contribution is -2.47. The highest BCUT2D eigenvalue weighted by Crippen LogP contribution is 2.37. The Morgan fingerprint density at radius 2 is 1.54 bits per heavy atom. The third-order valence-corrected chi connectivity index (χ3v) is 4.66. The molecule has 4 N–H and O–H groups in total. The molecule has 0 aliphatic carbocycles. The standard InChI is InChI=1S/C21H26F3NO3/c1-15-2-4-16(5-3-15)9-11-28-19-7-6-17(12-18(19)21(22,23)24)8-10-20(25,13-26)14-27/h2-7,12,26-27H,8-11,13-14,25H2,1H3. The predicted molar refractivity (Wildman–Crippen MR) is 101 cm³/mol. The summed E-state index contributed by atoms with van der Waals surface area (Å²) in [5.74, 6) is -0.216. The van der Waals surface area contributed by atoms with E-state index in [0.717, 1.165) is 17.2 Å². The highest BCUT2D eigenvalue weighted by molar-refractivity contribution is 5.39. The Hall–Kier alpha value is -2.09. The second-order valence-electron chi connectivity index (χ2n) is 7.09. The van der Waals surface area contributed by atoms with Crippen molar-refractivity contribution >= 4 is 0 Å². The first kappa shape index (κ1) is 22.2. The molecule has 0 saturated carbocycles. The lowest BCUT2D eigenvalue weighted by molar-refractivity contribution is -0.139. The van der Waals surface area contributed by atoms with Gasteiger partial charge in [-0.15, -0.1) is 0 Å².